The van der Waals surface area contributed by atoms with Crippen molar-refractivity contribution in [3.63, 3.8) is 0 Å². The molecule has 0 aliphatic carbocycles. The zero-order valence-electron chi connectivity index (χ0n) is 63.2. The molecule has 0 aromatic heterocycles. The third-order valence-corrected chi connectivity index (χ3v) is 20.5. The Kier molecular flexibility index (Phi) is 69.6. The Morgan fingerprint density at radius 1 is 0.289 bits per heavy atom. The molecule has 0 aromatic rings. The van der Waals surface area contributed by atoms with Crippen molar-refractivity contribution in [3.05, 3.63) is 0 Å². The number of ether oxygens (including phenoxy) is 4. The number of phosphoric ester groups is 2. The van der Waals surface area contributed by atoms with Crippen LogP contribution in [0.15, 0.2) is 0 Å². The van der Waals surface area contributed by atoms with Gasteiger partial charge in [-0.2, -0.15) is 0 Å². The van der Waals surface area contributed by atoms with Gasteiger partial charge in [0.1, 0.15) is 19.3 Å². The van der Waals surface area contributed by atoms with Gasteiger partial charge in [-0.25, -0.2) is 9.13 Å². The van der Waals surface area contributed by atoms with Crippen molar-refractivity contribution in [1.29, 1.82) is 0 Å². The highest BCUT2D eigenvalue weighted by molar-refractivity contribution is 7.47. The number of esters is 4. The summed E-state index contributed by atoms with van der Waals surface area (Å²) in [5, 5.41) is 10.6. The smallest absolute Gasteiger partial charge is 0.462 e. The van der Waals surface area contributed by atoms with E-state index in [9.17, 15) is 43.2 Å². The molecule has 0 rings (SSSR count). The van der Waals surface area contributed by atoms with E-state index in [0.717, 1.165) is 102 Å². The highest BCUT2D eigenvalue weighted by atomic mass is 31.2. The second kappa shape index (κ2) is 71.1. The first-order valence-electron chi connectivity index (χ1n) is 40.7. The lowest BCUT2D eigenvalue weighted by Gasteiger charge is -2.21. The summed E-state index contributed by atoms with van der Waals surface area (Å²) in [6, 6.07) is 0. The zero-order valence-corrected chi connectivity index (χ0v) is 65.0. The van der Waals surface area contributed by atoms with E-state index < -0.39 is 97.5 Å². The highest BCUT2D eigenvalue weighted by Gasteiger charge is 2.30. The molecule has 576 valence electrons. The van der Waals surface area contributed by atoms with Crippen LogP contribution in [0, 0.1) is 5.92 Å². The summed E-state index contributed by atoms with van der Waals surface area (Å²) in [4.78, 5) is 72.7. The topological polar surface area (TPSA) is 237 Å². The number of unbranched alkanes of at least 4 members (excludes halogenated alkanes) is 49. The molecule has 0 spiro atoms. The highest BCUT2D eigenvalue weighted by Crippen LogP contribution is 2.45. The third-order valence-electron chi connectivity index (χ3n) is 18.6. The van der Waals surface area contributed by atoms with Gasteiger partial charge in [0, 0.05) is 25.7 Å². The number of aliphatic hydroxyl groups is 1. The molecule has 0 radical (unpaired) electrons. The second-order valence-corrected chi connectivity index (χ2v) is 31.3. The van der Waals surface area contributed by atoms with Crippen molar-refractivity contribution >= 4 is 39.5 Å². The standard InChI is InChI=1S/C78H152O17P2/c1-6-10-13-16-19-22-24-25-26-32-35-39-42-47-52-57-62-76(81)89-68-74(95-78(83)64-59-54-49-44-40-36-33-30-28-27-29-31-34-38-41-45-50-55-60-71(5)9-4)70-93-97(86,87)91-66-72(79)65-90-96(84,85)92-69-73(67-88-75(80)61-56-51-46-21-18-15-12-8-3)94-77(82)63-58-53-48-43-37-23-20-17-14-11-7-2/h71-74,79H,6-70H2,1-5H3,(H,84,85)(H,86,87)/t71?,72-,73+,74+/m0/s1. The van der Waals surface area contributed by atoms with Gasteiger partial charge < -0.3 is 33.8 Å². The molecule has 0 bridgehead atoms. The predicted molar refractivity (Wildman–Crippen MR) is 395 cm³/mol. The summed E-state index contributed by atoms with van der Waals surface area (Å²) in [7, 11) is -9.91. The van der Waals surface area contributed by atoms with Crippen LogP contribution in [0.5, 0.6) is 0 Å². The fourth-order valence-corrected chi connectivity index (χ4v) is 13.6. The van der Waals surface area contributed by atoms with Crippen molar-refractivity contribution in [2.24, 2.45) is 5.92 Å². The monoisotopic (exact) mass is 1420 g/mol. The van der Waals surface area contributed by atoms with Crippen molar-refractivity contribution in [2.45, 2.75) is 432 Å². The summed E-state index contributed by atoms with van der Waals surface area (Å²) in [5.41, 5.74) is 0. The van der Waals surface area contributed by atoms with Gasteiger partial charge in [0.2, 0.25) is 0 Å². The molecule has 0 aliphatic rings. The first-order valence-corrected chi connectivity index (χ1v) is 43.7. The van der Waals surface area contributed by atoms with Gasteiger partial charge in [-0.3, -0.25) is 37.3 Å². The molecular weight excluding hydrogens is 1270 g/mol. The van der Waals surface area contributed by atoms with Crippen LogP contribution in [0.2, 0.25) is 0 Å². The molecule has 17 nitrogen and oxygen atoms in total. The van der Waals surface area contributed by atoms with Gasteiger partial charge in [-0.15, -0.1) is 0 Å². The Morgan fingerprint density at radius 2 is 0.495 bits per heavy atom. The average Bonchev–Trinajstić information content (AvgIpc) is 1.00. The Hall–Kier alpha value is -1.94. The number of aliphatic hydroxyl groups excluding tert-OH is 1. The zero-order chi connectivity index (χ0) is 71.2. The number of hydrogen-bond acceptors (Lipinski definition) is 15. The molecule has 6 atom stereocenters. The normalized spacial score (nSPS) is 14.2. The van der Waals surface area contributed by atoms with E-state index in [1.165, 1.54) is 231 Å². The SMILES string of the molecule is CCCCCCCCCCCCCCCCCCC(=O)OC[C@H](COP(=O)(O)OC[C@@H](O)COP(=O)(O)OC[C@@H](COC(=O)CCCCCCCCCC)OC(=O)CCCCCCCCCCCCC)OC(=O)CCCCCCCCCCCCCCCCCCCCC(C)CC. The number of carbonyl (C=O) groups excluding carboxylic acids is 4. The fourth-order valence-electron chi connectivity index (χ4n) is 12.0. The van der Waals surface area contributed by atoms with Gasteiger partial charge in [0.25, 0.3) is 0 Å². The number of carbonyl (C=O) groups is 4. The van der Waals surface area contributed by atoms with Crippen LogP contribution in [0.4, 0.5) is 0 Å². The Labute approximate surface area is 594 Å². The Balaban J connectivity index is 5.17. The molecule has 0 saturated carbocycles. The minimum atomic E-state index is -4.96. The molecule has 0 aliphatic heterocycles. The minimum absolute atomic E-state index is 0.107. The van der Waals surface area contributed by atoms with Gasteiger partial charge in [0.15, 0.2) is 12.2 Å². The summed E-state index contributed by atoms with van der Waals surface area (Å²) >= 11 is 0. The number of phosphoric acid groups is 2. The first-order chi connectivity index (χ1) is 47.1. The number of rotatable bonds is 78. The molecule has 0 aromatic carbocycles. The number of hydrogen-bond donors (Lipinski definition) is 3. The first kappa shape index (κ1) is 95.1. The summed E-state index contributed by atoms with van der Waals surface area (Å²) in [6.45, 7) is 7.34. The van der Waals surface area contributed by atoms with E-state index >= 15 is 0 Å². The van der Waals surface area contributed by atoms with Gasteiger partial charge >= 0.3 is 39.5 Å². The Bertz CT molecular complexity index is 1860. The molecule has 0 heterocycles. The van der Waals surface area contributed by atoms with Crippen LogP contribution in [0.1, 0.15) is 413 Å². The van der Waals surface area contributed by atoms with E-state index in [0.29, 0.717) is 25.7 Å². The maximum absolute atomic E-state index is 13.1. The Morgan fingerprint density at radius 3 is 0.732 bits per heavy atom. The minimum Gasteiger partial charge on any atom is -0.462 e. The third kappa shape index (κ3) is 70.9. The van der Waals surface area contributed by atoms with Crippen molar-refractivity contribution < 1.29 is 80.2 Å². The van der Waals surface area contributed by atoms with E-state index in [-0.39, 0.29) is 25.7 Å². The van der Waals surface area contributed by atoms with Crippen molar-refractivity contribution in [2.75, 3.05) is 39.6 Å². The van der Waals surface area contributed by atoms with Gasteiger partial charge in [-0.05, 0) is 31.6 Å². The molecule has 3 unspecified atom stereocenters. The van der Waals surface area contributed by atoms with Crippen LogP contribution in [0.3, 0.4) is 0 Å². The van der Waals surface area contributed by atoms with E-state index in [2.05, 4.69) is 34.6 Å². The second-order valence-electron chi connectivity index (χ2n) is 28.3. The predicted octanol–water partition coefficient (Wildman–Crippen LogP) is 23.3. The van der Waals surface area contributed by atoms with Crippen LogP contribution in [-0.4, -0.2) is 96.7 Å². The molecule has 0 fully saturated rings. The molecule has 0 amide bonds. The largest absolute Gasteiger partial charge is 0.472 e. The van der Waals surface area contributed by atoms with Crippen molar-refractivity contribution in [1.82, 2.24) is 0 Å². The quantitative estimate of drug-likeness (QED) is 0.0222. The summed E-state index contributed by atoms with van der Waals surface area (Å²) < 4.78 is 68.5. The van der Waals surface area contributed by atoms with Crippen LogP contribution < -0.4 is 0 Å². The fraction of sp³-hybridized carbons (Fsp3) is 0.949. The molecule has 0 saturated heterocycles. The van der Waals surface area contributed by atoms with Crippen LogP contribution in [0.25, 0.3) is 0 Å². The lowest BCUT2D eigenvalue weighted by atomic mass is 9.99. The molecule has 97 heavy (non-hydrogen) atoms. The lowest BCUT2D eigenvalue weighted by Crippen LogP contribution is -2.30. The summed E-state index contributed by atoms with van der Waals surface area (Å²) in [6.07, 6.45) is 61.1. The van der Waals surface area contributed by atoms with E-state index in [1.54, 1.807) is 0 Å². The maximum Gasteiger partial charge on any atom is 0.472 e. The molecular formula is C78H152O17P2. The maximum atomic E-state index is 13.1. The molecule has 19 heteroatoms. The van der Waals surface area contributed by atoms with Gasteiger partial charge in [0.05, 0.1) is 26.4 Å². The van der Waals surface area contributed by atoms with Crippen LogP contribution in [-0.2, 0) is 65.4 Å². The van der Waals surface area contributed by atoms with E-state index in [1.807, 2.05) is 0 Å². The van der Waals surface area contributed by atoms with E-state index in [4.69, 9.17) is 37.0 Å². The summed E-state index contributed by atoms with van der Waals surface area (Å²) in [5.74, 6) is -1.24. The van der Waals surface area contributed by atoms with Crippen LogP contribution >= 0.6 is 15.6 Å². The van der Waals surface area contributed by atoms with Crippen molar-refractivity contribution in [3.8, 4) is 0 Å². The average molecular weight is 1420 g/mol. The van der Waals surface area contributed by atoms with Gasteiger partial charge in [-0.1, -0.05) is 362 Å². The molecule has 3 N–H and O–H groups in total. The lowest BCUT2D eigenvalue weighted by molar-refractivity contribution is -0.161.